The lowest BCUT2D eigenvalue weighted by Crippen LogP contribution is -2.52. The van der Waals surface area contributed by atoms with Gasteiger partial charge in [-0.1, -0.05) is 48.5 Å². The predicted molar refractivity (Wildman–Crippen MR) is 95.0 cm³/mol. The highest BCUT2D eigenvalue weighted by Gasteiger charge is 2.46. The highest BCUT2D eigenvalue weighted by Crippen LogP contribution is 2.38. The molecular formula is C20H21N3O. The molecule has 1 N–H and O–H groups in total. The van der Waals surface area contributed by atoms with Gasteiger partial charge >= 0.3 is 0 Å². The average Bonchev–Trinajstić information content (AvgIpc) is 3.02. The first-order chi connectivity index (χ1) is 11.8. The summed E-state index contributed by atoms with van der Waals surface area (Å²) in [6, 6.07) is 19.7. The van der Waals surface area contributed by atoms with Gasteiger partial charge in [-0.25, -0.2) is 5.01 Å². The molecule has 2 aromatic rings. The minimum atomic E-state index is -0.191. The molecule has 122 valence electrons. The van der Waals surface area contributed by atoms with Gasteiger partial charge in [0.15, 0.2) is 0 Å². The van der Waals surface area contributed by atoms with E-state index in [0.717, 1.165) is 43.6 Å². The number of carbonyl (C=O) groups is 1. The maximum Gasteiger partial charge on any atom is 0.274 e. The molecule has 2 heterocycles. The topological polar surface area (TPSA) is 44.7 Å². The molecule has 0 bridgehead atoms. The Bertz CT molecular complexity index is 749. The van der Waals surface area contributed by atoms with E-state index in [9.17, 15) is 4.79 Å². The molecule has 0 aliphatic carbocycles. The van der Waals surface area contributed by atoms with Gasteiger partial charge in [0.05, 0.1) is 11.3 Å². The lowest BCUT2D eigenvalue weighted by molar-refractivity contribution is 0.0459. The molecule has 2 aliphatic heterocycles. The van der Waals surface area contributed by atoms with Crippen LogP contribution in [0.1, 0.15) is 35.2 Å². The van der Waals surface area contributed by atoms with E-state index < -0.39 is 0 Å². The number of nitrogens with zero attached hydrogens (tertiary/aromatic N) is 2. The van der Waals surface area contributed by atoms with Crippen LogP contribution in [0.25, 0.3) is 0 Å². The Morgan fingerprint density at radius 3 is 2.25 bits per heavy atom. The predicted octanol–water partition coefficient (Wildman–Crippen LogP) is 3.06. The molecule has 1 spiro atoms. The van der Waals surface area contributed by atoms with Crippen LogP contribution in [0.5, 0.6) is 0 Å². The SMILES string of the molecule is O=C(c1ccccc1)N1N=C(c2ccccc2)CC12CCNCC2. The van der Waals surface area contributed by atoms with Crippen molar-refractivity contribution in [3.05, 3.63) is 71.8 Å². The Morgan fingerprint density at radius 1 is 0.958 bits per heavy atom. The first-order valence-corrected chi connectivity index (χ1v) is 8.52. The van der Waals surface area contributed by atoms with Crippen molar-refractivity contribution in [3.8, 4) is 0 Å². The number of benzene rings is 2. The monoisotopic (exact) mass is 319 g/mol. The van der Waals surface area contributed by atoms with Gasteiger partial charge in [-0.3, -0.25) is 4.79 Å². The molecule has 0 aromatic heterocycles. The molecule has 0 unspecified atom stereocenters. The highest BCUT2D eigenvalue weighted by molar-refractivity contribution is 6.05. The van der Waals surface area contributed by atoms with Crippen molar-refractivity contribution >= 4 is 11.6 Å². The third-order valence-corrected chi connectivity index (χ3v) is 5.02. The van der Waals surface area contributed by atoms with Crippen molar-refractivity contribution in [2.45, 2.75) is 24.8 Å². The molecule has 24 heavy (non-hydrogen) atoms. The minimum absolute atomic E-state index is 0.00318. The van der Waals surface area contributed by atoms with Gasteiger partial charge in [-0.05, 0) is 43.6 Å². The van der Waals surface area contributed by atoms with Gasteiger partial charge in [-0.15, -0.1) is 0 Å². The Kier molecular flexibility index (Phi) is 3.90. The maximum absolute atomic E-state index is 13.1. The Morgan fingerprint density at radius 2 is 1.58 bits per heavy atom. The second kappa shape index (κ2) is 6.21. The average molecular weight is 319 g/mol. The molecule has 4 rings (SSSR count). The summed E-state index contributed by atoms with van der Waals surface area (Å²) in [6.07, 6.45) is 2.70. The van der Waals surface area contributed by atoms with E-state index in [2.05, 4.69) is 17.4 Å². The number of hydrogen-bond donors (Lipinski definition) is 1. The van der Waals surface area contributed by atoms with E-state index >= 15 is 0 Å². The summed E-state index contributed by atoms with van der Waals surface area (Å²) in [5.41, 5.74) is 2.64. The number of hydrogen-bond acceptors (Lipinski definition) is 3. The fourth-order valence-corrected chi connectivity index (χ4v) is 3.68. The van der Waals surface area contributed by atoms with E-state index in [1.807, 2.05) is 48.5 Å². The normalized spacial score (nSPS) is 19.3. The van der Waals surface area contributed by atoms with Crippen molar-refractivity contribution in [2.75, 3.05) is 13.1 Å². The zero-order valence-electron chi connectivity index (χ0n) is 13.6. The zero-order chi connectivity index (χ0) is 16.4. The fraction of sp³-hybridized carbons (Fsp3) is 0.300. The second-order valence-corrected chi connectivity index (χ2v) is 6.55. The minimum Gasteiger partial charge on any atom is -0.317 e. The van der Waals surface area contributed by atoms with Crippen molar-refractivity contribution < 1.29 is 4.79 Å². The van der Waals surface area contributed by atoms with Crippen LogP contribution in [-0.4, -0.2) is 35.3 Å². The Labute approximate surface area is 142 Å². The molecular weight excluding hydrogens is 298 g/mol. The summed E-state index contributed by atoms with van der Waals surface area (Å²) in [7, 11) is 0. The summed E-state index contributed by atoms with van der Waals surface area (Å²) in [4.78, 5) is 13.1. The van der Waals surface area contributed by atoms with E-state index in [0.29, 0.717) is 5.56 Å². The lowest BCUT2D eigenvalue weighted by Gasteiger charge is -2.39. The molecule has 4 nitrogen and oxygen atoms in total. The van der Waals surface area contributed by atoms with Crippen molar-refractivity contribution in [2.24, 2.45) is 5.10 Å². The molecule has 1 saturated heterocycles. The van der Waals surface area contributed by atoms with Crippen molar-refractivity contribution in [1.29, 1.82) is 0 Å². The number of rotatable bonds is 2. The molecule has 2 aromatic carbocycles. The van der Waals surface area contributed by atoms with Crippen LogP contribution in [0.15, 0.2) is 65.8 Å². The summed E-state index contributed by atoms with van der Waals surface area (Å²) < 4.78 is 0. The molecule has 1 amide bonds. The summed E-state index contributed by atoms with van der Waals surface area (Å²) in [5.74, 6) is 0.00318. The van der Waals surface area contributed by atoms with Gasteiger partial charge in [0.1, 0.15) is 0 Å². The van der Waals surface area contributed by atoms with Crippen molar-refractivity contribution in [1.82, 2.24) is 10.3 Å². The molecule has 2 aliphatic rings. The smallest absolute Gasteiger partial charge is 0.274 e. The molecule has 4 heteroatoms. The van der Waals surface area contributed by atoms with E-state index in [4.69, 9.17) is 5.10 Å². The number of amides is 1. The summed E-state index contributed by atoms with van der Waals surface area (Å²) in [6.45, 7) is 1.85. The molecule has 0 atom stereocenters. The van der Waals surface area contributed by atoms with E-state index in [-0.39, 0.29) is 11.4 Å². The van der Waals surface area contributed by atoms with Gasteiger partial charge in [0, 0.05) is 12.0 Å². The Hall–Kier alpha value is -2.46. The number of piperidine rings is 1. The summed E-state index contributed by atoms with van der Waals surface area (Å²) in [5, 5.41) is 9.95. The van der Waals surface area contributed by atoms with E-state index in [1.165, 1.54) is 0 Å². The van der Waals surface area contributed by atoms with Gasteiger partial charge in [-0.2, -0.15) is 5.10 Å². The van der Waals surface area contributed by atoms with E-state index in [1.54, 1.807) is 5.01 Å². The number of carbonyl (C=O) groups excluding carboxylic acids is 1. The standard InChI is InChI=1S/C20H21N3O/c24-19(17-9-5-2-6-10-17)23-20(11-13-21-14-12-20)15-18(22-23)16-7-3-1-4-8-16/h1-10,21H,11-15H2. The highest BCUT2D eigenvalue weighted by atomic mass is 16.2. The largest absolute Gasteiger partial charge is 0.317 e. The fourth-order valence-electron chi connectivity index (χ4n) is 3.68. The van der Waals surface area contributed by atoms with Crippen LogP contribution >= 0.6 is 0 Å². The van der Waals surface area contributed by atoms with Gasteiger partial charge < -0.3 is 5.32 Å². The zero-order valence-corrected chi connectivity index (χ0v) is 13.6. The first kappa shape index (κ1) is 15.1. The Balaban J connectivity index is 1.72. The van der Waals surface area contributed by atoms with Crippen LogP contribution in [0.2, 0.25) is 0 Å². The lowest BCUT2D eigenvalue weighted by atomic mass is 9.82. The maximum atomic E-state index is 13.1. The van der Waals surface area contributed by atoms with Crippen molar-refractivity contribution in [3.63, 3.8) is 0 Å². The number of nitrogens with one attached hydrogen (secondary N) is 1. The van der Waals surface area contributed by atoms with Crippen LogP contribution in [-0.2, 0) is 0 Å². The van der Waals surface area contributed by atoms with Gasteiger partial charge in [0.2, 0.25) is 0 Å². The first-order valence-electron chi connectivity index (χ1n) is 8.52. The number of hydrazone groups is 1. The van der Waals surface area contributed by atoms with Gasteiger partial charge in [0.25, 0.3) is 5.91 Å². The molecule has 1 fully saturated rings. The third-order valence-electron chi connectivity index (χ3n) is 5.02. The van der Waals surface area contributed by atoms with Crippen LogP contribution in [0.4, 0.5) is 0 Å². The van der Waals surface area contributed by atoms with Crippen LogP contribution in [0, 0.1) is 0 Å². The molecule has 0 radical (unpaired) electrons. The third kappa shape index (κ3) is 2.63. The summed E-state index contributed by atoms with van der Waals surface area (Å²) >= 11 is 0. The van der Waals surface area contributed by atoms with Crippen LogP contribution in [0.3, 0.4) is 0 Å². The second-order valence-electron chi connectivity index (χ2n) is 6.55. The van der Waals surface area contributed by atoms with Crippen LogP contribution < -0.4 is 5.32 Å². The quantitative estimate of drug-likeness (QED) is 0.924. The molecule has 0 saturated carbocycles.